The highest BCUT2D eigenvalue weighted by atomic mass is 32.2. The Bertz CT molecular complexity index is 1460. The van der Waals surface area contributed by atoms with Gasteiger partial charge in [-0.05, 0) is 88.3 Å². The van der Waals surface area contributed by atoms with Crippen LogP contribution in [0.15, 0.2) is 78.9 Å². The van der Waals surface area contributed by atoms with Crippen molar-refractivity contribution in [1.82, 2.24) is 4.90 Å². The molecule has 0 aliphatic carbocycles. The first-order valence-corrected chi connectivity index (χ1v) is 14.5. The molecule has 0 radical (unpaired) electrons. The number of anilines is 1. The summed E-state index contributed by atoms with van der Waals surface area (Å²) < 4.78 is 23.3. The molecule has 1 amide bonds. The molecule has 0 aliphatic heterocycles. The van der Waals surface area contributed by atoms with Gasteiger partial charge >= 0.3 is 0 Å². The molecule has 6 heteroatoms. The van der Waals surface area contributed by atoms with Crippen molar-refractivity contribution in [2.24, 2.45) is 0 Å². The molecule has 2 N–H and O–H groups in total. The van der Waals surface area contributed by atoms with E-state index in [1.807, 2.05) is 50.5 Å². The minimum Gasteiger partial charge on any atom is -0.325 e. The fourth-order valence-electron chi connectivity index (χ4n) is 5.08. The first-order chi connectivity index (χ1) is 18.5. The molecule has 0 fully saturated rings. The molecule has 5 nitrogen and oxygen atoms in total. The van der Waals surface area contributed by atoms with Crippen molar-refractivity contribution in [3.8, 4) is 11.1 Å². The maximum Gasteiger partial charge on any atom is 0.247 e. The van der Waals surface area contributed by atoms with Crippen LogP contribution in [0.3, 0.4) is 0 Å². The standard InChI is InChI=1S/C33H38N2O3S/c1-21(2)29-18-27(26-14-13-24-9-7-8-10-25(24)17-26)19-30(22(3)4)31(29)32(39(37)38)33(36)34-28-15-11-23(12-16-28)20-35(5)6/h7-19,21-22,32H,20H2,1-6H3,(H,34,36)(H,37,38). The van der Waals surface area contributed by atoms with Crippen LogP contribution in [-0.2, 0) is 22.4 Å². The molecular weight excluding hydrogens is 504 g/mol. The predicted molar refractivity (Wildman–Crippen MR) is 164 cm³/mol. The van der Waals surface area contributed by atoms with Crippen LogP contribution in [0.25, 0.3) is 21.9 Å². The van der Waals surface area contributed by atoms with Crippen molar-refractivity contribution in [1.29, 1.82) is 0 Å². The van der Waals surface area contributed by atoms with Gasteiger partial charge in [-0.25, -0.2) is 4.21 Å². The molecule has 0 bridgehead atoms. The van der Waals surface area contributed by atoms with E-state index in [0.29, 0.717) is 11.3 Å². The normalized spacial score (nSPS) is 13.3. The molecule has 4 aromatic rings. The van der Waals surface area contributed by atoms with Crippen LogP contribution < -0.4 is 5.32 Å². The van der Waals surface area contributed by atoms with E-state index in [-0.39, 0.29) is 11.8 Å². The third-order valence-electron chi connectivity index (χ3n) is 6.99. The van der Waals surface area contributed by atoms with Crippen molar-refractivity contribution in [3.05, 3.63) is 101 Å². The molecule has 0 heterocycles. The van der Waals surface area contributed by atoms with Gasteiger partial charge in [-0.2, -0.15) is 0 Å². The zero-order valence-corrected chi connectivity index (χ0v) is 24.4. The van der Waals surface area contributed by atoms with E-state index in [1.54, 1.807) is 0 Å². The van der Waals surface area contributed by atoms with Crippen LogP contribution >= 0.6 is 0 Å². The minimum absolute atomic E-state index is 0.0436. The van der Waals surface area contributed by atoms with Crippen LogP contribution in [0.2, 0.25) is 0 Å². The maximum absolute atomic E-state index is 13.6. The summed E-state index contributed by atoms with van der Waals surface area (Å²) in [5.74, 6) is -0.400. The average Bonchev–Trinajstić information content (AvgIpc) is 2.88. The van der Waals surface area contributed by atoms with Crippen LogP contribution in [0, 0.1) is 0 Å². The second-order valence-electron chi connectivity index (χ2n) is 11.0. The lowest BCUT2D eigenvalue weighted by molar-refractivity contribution is -0.116. The second kappa shape index (κ2) is 12.2. The molecule has 0 aliphatic rings. The molecule has 0 saturated heterocycles. The van der Waals surface area contributed by atoms with E-state index < -0.39 is 22.2 Å². The van der Waals surface area contributed by atoms with Gasteiger partial charge in [-0.1, -0.05) is 88.4 Å². The molecule has 0 saturated carbocycles. The van der Waals surface area contributed by atoms with E-state index in [0.717, 1.165) is 39.7 Å². The Morgan fingerprint density at radius 2 is 1.41 bits per heavy atom. The molecule has 0 aromatic heterocycles. The van der Waals surface area contributed by atoms with E-state index >= 15 is 0 Å². The Morgan fingerprint density at radius 1 is 0.821 bits per heavy atom. The summed E-state index contributed by atoms with van der Waals surface area (Å²) in [6, 6.07) is 26.4. The maximum atomic E-state index is 13.6. The number of benzene rings is 4. The zero-order valence-electron chi connectivity index (χ0n) is 23.6. The lowest BCUT2D eigenvalue weighted by Gasteiger charge is -2.26. The predicted octanol–water partition coefficient (Wildman–Crippen LogP) is 7.72. The van der Waals surface area contributed by atoms with E-state index in [1.165, 1.54) is 5.39 Å². The Hall–Kier alpha value is -3.32. The van der Waals surface area contributed by atoms with Gasteiger partial charge in [0.1, 0.15) is 0 Å². The summed E-state index contributed by atoms with van der Waals surface area (Å²) >= 11 is -2.41. The van der Waals surface area contributed by atoms with Crippen molar-refractivity contribution in [2.75, 3.05) is 19.4 Å². The minimum atomic E-state index is -2.41. The third kappa shape index (κ3) is 6.64. The number of hydrogen-bond donors (Lipinski definition) is 2. The van der Waals surface area contributed by atoms with E-state index in [4.69, 9.17) is 0 Å². The summed E-state index contributed by atoms with van der Waals surface area (Å²) in [6.07, 6.45) is 0. The summed E-state index contributed by atoms with van der Waals surface area (Å²) in [6.45, 7) is 9.03. The van der Waals surface area contributed by atoms with Gasteiger partial charge in [0.25, 0.3) is 0 Å². The lowest BCUT2D eigenvalue weighted by Crippen LogP contribution is -2.27. The number of hydrogen-bond acceptors (Lipinski definition) is 3. The number of nitrogens with one attached hydrogen (secondary N) is 1. The fraction of sp³-hybridized carbons (Fsp3) is 0.303. The molecule has 204 valence electrons. The molecule has 0 spiro atoms. The Labute approximate surface area is 234 Å². The number of nitrogens with zero attached hydrogens (tertiary/aromatic N) is 1. The Kier molecular flexibility index (Phi) is 9.01. The monoisotopic (exact) mass is 542 g/mol. The largest absolute Gasteiger partial charge is 0.325 e. The third-order valence-corrected chi connectivity index (χ3v) is 7.85. The van der Waals surface area contributed by atoms with Crippen LogP contribution in [0.1, 0.15) is 67.0 Å². The molecule has 39 heavy (non-hydrogen) atoms. The summed E-state index contributed by atoms with van der Waals surface area (Å²) in [7, 11) is 4.00. The fourth-order valence-corrected chi connectivity index (χ4v) is 5.80. The summed E-state index contributed by atoms with van der Waals surface area (Å²) in [4.78, 5) is 15.7. The number of fused-ring (bicyclic) bond motifs is 1. The topological polar surface area (TPSA) is 69.6 Å². The lowest BCUT2D eigenvalue weighted by atomic mass is 9.83. The zero-order chi connectivity index (χ0) is 28.3. The molecule has 2 atom stereocenters. The number of carbonyl (C=O) groups excluding carboxylic acids is 1. The van der Waals surface area contributed by atoms with Crippen LogP contribution in [-0.4, -0.2) is 33.7 Å². The first kappa shape index (κ1) is 28.7. The second-order valence-corrected chi connectivity index (χ2v) is 12.0. The quantitative estimate of drug-likeness (QED) is 0.213. The summed E-state index contributed by atoms with van der Waals surface area (Å²) in [5, 5.41) is 4.01. The average molecular weight is 543 g/mol. The highest BCUT2D eigenvalue weighted by Gasteiger charge is 2.33. The van der Waals surface area contributed by atoms with Crippen molar-refractivity contribution < 1.29 is 13.6 Å². The Morgan fingerprint density at radius 3 is 1.95 bits per heavy atom. The van der Waals surface area contributed by atoms with Gasteiger partial charge in [0.2, 0.25) is 5.91 Å². The van der Waals surface area contributed by atoms with Crippen molar-refractivity contribution in [3.63, 3.8) is 0 Å². The molecule has 4 rings (SSSR count). The van der Waals surface area contributed by atoms with Gasteiger partial charge in [0.05, 0.1) is 0 Å². The van der Waals surface area contributed by atoms with Gasteiger partial charge in [0.15, 0.2) is 16.3 Å². The van der Waals surface area contributed by atoms with Crippen molar-refractivity contribution >= 4 is 33.4 Å². The highest BCUT2D eigenvalue weighted by Crippen LogP contribution is 2.39. The summed E-state index contributed by atoms with van der Waals surface area (Å²) in [5.41, 5.74) is 6.30. The number of rotatable bonds is 9. The smallest absolute Gasteiger partial charge is 0.247 e. The number of amides is 1. The SMILES string of the molecule is CC(C)c1cc(-c2ccc3ccccc3c2)cc(C(C)C)c1C(C(=O)Nc1ccc(CN(C)C)cc1)S(=O)O. The molecular formula is C33H38N2O3S. The van der Waals surface area contributed by atoms with Gasteiger partial charge in [-0.15, -0.1) is 0 Å². The number of carbonyl (C=O) groups is 1. The highest BCUT2D eigenvalue weighted by molar-refractivity contribution is 7.80. The van der Waals surface area contributed by atoms with Crippen LogP contribution in [0.5, 0.6) is 0 Å². The van der Waals surface area contributed by atoms with Gasteiger partial charge in [-0.3, -0.25) is 4.79 Å². The molecule has 2 unspecified atom stereocenters. The van der Waals surface area contributed by atoms with E-state index in [9.17, 15) is 13.6 Å². The van der Waals surface area contributed by atoms with E-state index in [2.05, 4.69) is 80.4 Å². The first-order valence-electron chi connectivity index (χ1n) is 13.4. The van der Waals surface area contributed by atoms with Gasteiger partial charge in [0, 0.05) is 12.2 Å². The molecule has 4 aromatic carbocycles. The Balaban J connectivity index is 1.78. The van der Waals surface area contributed by atoms with Crippen molar-refractivity contribution in [2.45, 2.75) is 51.3 Å². The van der Waals surface area contributed by atoms with Crippen LogP contribution in [0.4, 0.5) is 5.69 Å². The van der Waals surface area contributed by atoms with Gasteiger partial charge < -0.3 is 14.8 Å².